The van der Waals surface area contributed by atoms with Crippen LogP contribution < -0.4 is 0 Å². The maximum Gasteiger partial charge on any atom is 0 e. The minimum absolute atomic E-state index is 0. The van der Waals surface area contributed by atoms with Crippen LogP contribution in [0, 0.1) is 138 Å². The van der Waals surface area contributed by atoms with E-state index in [-0.39, 0.29) is 66.6 Å². The fourth-order valence-corrected chi connectivity index (χ4v) is 15.2. The van der Waals surface area contributed by atoms with Gasteiger partial charge in [-0.3, -0.25) is 0 Å². The molecule has 10 heteroatoms. The van der Waals surface area contributed by atoms with Gasteiger partial charge in [-0.2, -0.15) is 0 Å². The molecule has 0 aromatic carbocycles. The number of hydrogen-bond donors (Lipinski definition) is 0. The van der Waals surface area contributed by atoms with Gasteiger partial charge < -0.3 is 0 Å². The molecule has 18 radical (unpaired) electrons. The van der Waals surface area contributed by atoms with E-state index in [0.717, 1.165) is 0 Å². The SMILES string of the molecule is CC(C)(C)[C]1[CH][C](C(C)(C)C)[C](C(C)(C)C)[CH]1.CC(C)(C)[C]1[CH][C](C(C)(C)C)[C](C(C)(C)C)[CH]1.CC(C)(C)[C]1[P][P][C]1C(C)(C)C.CC(C)(C)[C]1[P][P][C]1C(C)(C)C.[Cu][Br].[Cu][Br].[Fe].[Fe]. The van der Waals surface area contributed by atoms with Crippen molar-refractivity contribution in [2.45, 2.75) is 208 Å². The minimum atomic E-state index is 0. The smallest absolute Gasteiger partial charge is 0 e. The van der Waals surface area contributed by atoms with Crippen molar-refractivity contribution >= 4 is 61.3 Å². The Kier molecular flexibility index (Phi) is 33.6. The molecule has 0 nitrogen and oxygen atoms in total. The Morgan fingerprint density at radius 1 is 0.250 bits per heavy atom. The molecule has 0 aromatic heterocycles. The Bertz CT molecular complexity index is 1080. The molecule has 0 unspecified atom stereocenters. The van der Waals surface area contributed by atoms with Crippen molar-refractivity contribution in [3.05, 3.63) is 83.8 Å². The van der Waals surface area contributed by atoms with Gasteiger partial charge in [0, 0.05) is 56.8 Å². The van der Waals surface area contributed by atoms with Crippen molar-refractivity contribution in [1.82, 2.24) is 0 Å². The number of halogens is 2. The summed E-state index contributed by atoms with van der Waals surface area (Å²) < 4.78 is 0. The number of hydrogen-bond acceptors (Lipinski definition) is 0. The van der Waals surface area contributed by atoms with E-state index in [1.54, 1.807) is 22.6 Å². The molecule has 2 saturated heterocycles. The van der Waals surface area contributed by atoms with Gasteiger partial charge in [0.2, 0.25) is 0 Å². The van der Waals surface area contributed by atoms with Crippen LogP contribution in [0.15, 0.2) is 0 Å². The standard InChI is InChI=1S/2C17H29.2C10H18P2.2BrH.2Cu.2Fe/c2*1-15(2,3)12-10-13(16(4,5)6)14(11-12)17(7,8)9;2*1-9(2,3)7-8(12-11-7)10(4,5)6;;;;;;/h2*10-11H,1-9H3;2*1-6H3;2*1H;;;;/q;;;;;;2*+1;;/p-2. The van der Waals surface area contributed by atoms with Crippen molar-refractivity contribution < 1.29 is 62.5 Å². The summed E-state index contributed by atoms with van der Waals surface area (Å²) in [4.78, 5) is 0. The molecule has 2 heterocycles. The summed E-state index contributed by atoms with van der Waals surface area (Å²) in [6.45, 7) is 69.3. The van der Waals surface area contributed by atoms with Gasteiger partial charge in [0.1, 0.15) is 0 Å². The van der Waals surface area contributed by atoms with Crippen molar-refractivity contribution in [3.8, 4) is 0 Å². The normalized spacial score (nSPS) is 22.1. The molecule has 4 rings (SSSR count). The van der Waals surface area contributed by atoms with Gasteiger partial charge in [0.15, 0.2) is 0 Å². The minimum Gasteiger partial charge on any atom is 0 e. The maximum atomic E-state index is 4.00. The maximum absolute atomic E-state index is 4.00. The molecule has 0 atom stereocenters. The third-order valence-corrected chi connectivity index (χ3v) is 18.5. The van der Waals surface area contributed by atoms with Gasteiger partial charge in [-0.25, -0.2) is 0 Å². The van der Waals surface area contributed by atoms with Crippen LogP contribution in [0.5, 0.6) is 0 Å². The molecule has 0 aromatic rings. The molecule has 382 valence electrons. The summed E-state index contributed by atoms with van der Waals surface area (Å²) in [7, 11) is 6.14. The van der Waals surface area contributed by atoms with E-state index in [9.17, 15) is 0 Å². The van der Waals surface area contributed by atoms with Crippen LogP contribution in [-0.4, -0.2) is 0 Å². The molecule has 2 saturated carbocycles. The molecule has 4 aliphatic rings. The van der Waals surface area contributed by atoms with Crippen LogP contribution in [0.2, 0.25) is 0 Å². The summed E-state index contributed by atoms with van der Waals surface area (Å²) in [6.07, 6.45) is 9.67. The van der Waals surface area contributed by atoms with Gasteiger partial charge in [-0.1, -0.05) is 208 Å². The average molecular weight is 1270 g/mol. The van der Waals surface area contributed by atoms with Crippen LogP contribution in [0.25, 0.3) is 0 Å². The molecular formula is C54H94Br2Cu2Fe2P4. The van der Waals surface area contributed by atoms with E-state index >= 15 is 0 Å². The predicted octanol–water partition coefficient (Wildman–Crippen LogP) is 22.1. The molecule has 0 amide bonds. The van der Waals surface area contributed by atoms with Crippen molar-refractivity contribution in [2.24, 2.45) is 54.1 Å². The molecule has 2 aliphatic carbocycles. The van der Waals surface area contributed by atoms with Crippen molar-refractivity contribution in [1.29, 1.82) is 0 Å². The quantitative estimate of drug-likeness (QED) is 0.168. The first-order valence-electron chi connectivity index (χ1n) is 22.3. The first-order valence-corrected chi connectivity index (χ1v) is 32.0. The molecule has 64 heavy (non-hydrogen) atoms. The van der Waals surface area contributed by atoms with Gasteiger partial charge in [-0.15, -0.1) is 0 Å². The van der Waals surface area contributed by atoms with Crippen LogP contribution in [0.3, 0.4) is 0 Å². The van der Waals surface area contributed by atoms with Crippen LogP contribution >= 0.6 is 61.3 Å². The summed E-state index contributed by atoms with van der Waals surface area (Å²) in [5.41, 5.74) is 9.58. The summed E-state index contributed by atoms with van der Waals surface area (Å²) in [5.74, 6) is 8.97. The van der Waals surface area contributed by atoms with Gasteiger partial charge in [0.25, 0.3) is 0 Å². The zero-order chi connectivity index (χ0) is 50.4. The Morgan fingerprint density at radius 3 is 0.438 bits per heavy atom. The van der Waals surface area contributed by atoms with Crippen LogP contribution in [0.4, 0.5) is 0 Å². The topological polar surface area (TPSA) is 0 Å². The zero-order valence-corrected chi connectivity index (χ0v) is 57.0. The second-order valence-corrected chi connectivity index (χ2v) is 32.4. The largest absolute Gasteiger partial charge is 0 e. The van der Waals surface area contributed by atoms with E-state index in [1.165, 1.54) is 68.6 Å². The van der Waals surface area contributed by atoms with Gasteiger partial charge in [-0.05, 0) is 148 Å². The number of rotatable bonds is 0. The predicted molar refractivity (Wildman–Crippen MR) is 290 cm³/mol. The Balaban J connectivity index is -0.000000365. The second-order valence-electron chi connectivity index (χ2n) is 27.4. The van der Waals surface area contributed by atoms with E-state index in [1.807, 2.05) is 0 Å². The first-order chi connectivity index (χ1) is 27.1. The Labute approximate surface area is 464 Å². The first kappa shape index (κ1) is 75.3. The molecular weight excluding hydrogens is 1170 g/mol. The summed E-state index contributed by atoms with van der Waals surface area (Å²) in [6, 6.07) is 0. The molecule has 4 fully saturated rings. The van der Waals surface area contributed by atoms with E-state index in [4.69, 9.17) is 0 Å². The van der Waals surface area contributed by atoms with E-state index < -0.39 is 0 Å². The Hall–Kier alpha value is 4.76. The third-order valence-electron chi connectivity index (χ3n) is 10.5. The van der Waals surface area contributed by atoms with E-state index in [0.29, 0.717) is 21.7 Å². The van der Waals surface area contributed by atoms with Gasteiger partial charge in [0.05, 0.1) is 0 Å². The monoisotopic (exact) mass is 1260 g/mol. The molecule has 0 N–H and O–H groups in total. The van der Waals surface area contributed by atoms with Crippen molar-refractivity contribution in [2.75, 3.05) is 0 Å². The van der Waals surface area contributed by atoms with Gasteiger partial charge >= 0.3 is 56.6 Å². The fourth-order valence-electron chi connectivity index (χ4n) is 6.69. The summed E-state index contributed by atoms with van der Waals surface area (Å²) >= 11 is 13.0. The zero-order valence-electron chi connectivity index (χ0n) is 46.2. The van der Waals surface area contributed by atoms with Crippen LogP contribution in [0.1, 0.15) is 208 Å². The second kappa shape index (κ2) is 28.6. The molecule has 0 spiro atoms. The fraction of sp³-hybridized carbons (Fsp3) is 0.741. The van der Waals surface area contributed by atoms with Crippen molar-refractivity contribution in [3.63, 3.8) is 0 Å². The Morgan fingerprint density at radius 2 is 0.375 bits per heavy atom. The van der Waals surface area contributed by atoms with Crippen LogP contribution in [-0.2, 0) is 62.5 Å². The molecule has 0 bridgehead atoms. The average Bonchev–Trinajstić information content (AvgIpc) is 3.62. The molecule has 2 aliphatic heterocycles. The van der Waals surface area contributed by atoms with E-state index in [2.05, 4.69) is 290 Å². The summed E-state index contributed by atoms with van der Waals surface area (Å²) in [5, 5.41) is 0. The third kappa shape index (κ3) is 25.3.